The molecule has 0 bridgehead atoms. The van der Waals surface area contributed by atoms with Crippen molar-refractivity contribution in [2.75, 3.05) is 0 Å². The molecule has 0 saturated heterocycles. The van der Waals surface area contributed by atoms with Gasteiger partial charge in [0.25, 0.3) is 0 Å². The second-order valence-corrected chi connectivity index (χ2v) is 3.20. The summed E-state index contributed by atoms with van der Waals surface area (Å²) in [4.78, 5) is 10.1. The lowest BCUT2D eigenvalue weighted by molar-refractivity contribution is 0.537. The number of hydrogen-bond acceptors (Lipinski definition) is 1. The molecule has 1 nitrogen and oxygen atoms in total. The standard InChI is InChI=1S/C12H15O/c1-2-11(9-6-10-13)12-7-4-3-5-8-12/h3-5,7-8,11H,2,6,9H2,1H3. The Morgan fingerprint density at radius 2 is 2.00 bits per heavy atom. The molecule has 0 heterocycles. The van der Waals surface area contributed by atoms with E-state index < -0.39 is 0 Å². The van der Waals surface area contributed by atoms with Crippen molar-refractivity contribution in [3.05, 3.63) is 35.9 Å². The van der Waals surface area contributed by atoms with Gasteiger partial charge in [0.2, 0.25) is 0 Å². The maximum Gasteiger partial charge on any atom is 0.198 e. The van der Waals surface area contributed by atoms with Gasteiger partial charge < -0.3 is 0 Å². The number of hydrogen-bond donors (Lipinski definition) is 0. The smallest absolute Gasteiger partial charge is 0.198 e. The largest absolute Gasteiger partial charge is 0.291 e. The van der Waals surface area contributed by atoms with Crippen molar-refractivity contribution in [3.63, 3.8) is 0 Å². The highest BCUT2D eigenvalue weighted by atomic mass is 16.1. The summed E-state index contributed by atoms with van der Waals surface area (Å²) in [5.74, 6) is 0.516. The van der Waals surface area contributed by atoms with E-state index in [1.807, 2.05) is 24.5 Å². The molecular formula is C12H15O. The van der Waals surface area contributed by atoms with Gasteiger partial charge in [0.1, 0.15) is 0 Å². The van der Waals surface area contributed by atoms with Gasteiger partial charge in [0, 0.05) is 6.42 Å². The summed E-state index contributed by atoms with van der Waals surface area (Å²) in [5, 5.41) is 0. The molecule has 0 aliphatic carbocycles. The minimum atomic E-state index is 0.516. The molecule has 1 heteroatoms. The van der Waals surface area contributed by atoms with E-state index in [9.17, 15) is 4.79 Å². The Labute approximate surface area is 79.8 Å². The fraction of sp³-hybridized carbons (Fsp3) is 0.417. The van der Waals surface area contributed by atoms with Crippen LogP contribution >= 0.6 is 0 Å². The van der Waals surface area contributed by atoms with Gasteiger partial charge in [-0.2, -0.15) is 0 Å². The van der Waals surface area contributed by atoms with Gasteiger partial charge in [-0.1, -0.05) is 37.3 Å². The van der Waals surface area contributed by atoms with Gasteiger partial charge >= 0.3 is 0 Å². The highest BCUT2D eigenvalue weighted by Crippen LogP contribution is 2.23. The van der Waals surface area contributed by atoms with E-state index in [0.717, 1.165) is 12.8 Å². The van der Waals surface area contributed by atoms with Gasteiger partial charge in [0.05, 0.1) is 0 Å². The average molecular weight is 175 g/mol. The van der Waals surface area contributed by atoms with Gasteiger partial charge in [-0.05, 0) is 24.3 Å². The molecule has 1 atom stereocenters. The molecule has 13 heavy (non-hydrogen) atoms. The van der Waals surface area contributed by atoms with Crippen LogP contribution in [-0.4, -0.2) is 6.29 Å². The van der Waals surface area contributed by atoms with Crippen LogP contribution in [-0.2, 0) is 4.79 Å². The summed E-state index contributed by atoms with van der Waals surface area (Å²) in [5.41, 5.74) is 1.33. The molecule has 1 rings (SSSR count). The van der Waals surface area contributed by atoms with Crippen molar-refractivity contribution in [2.24, 2.45) is 0 Å². The zero-order valence-corrected chi connectivity index (χ0v) is 7.99. The maximum absolute atomic E-state index is 10.1. The van der Waals surface area contributed by atoms with Crippen LogP contribution in [0.4, 0.5) is 0 Å². The molecule has 0 spiro atoms. The highest BCUT2D eigenvalue weighted by molar-refractivity contribution is 5.50. The van der Waals surface area contributed by atoms with Crippen molar-refractivity contribution in [1.82, 2.24) is 0 Å². The molecule has 0 saturated carbocycles. The Morgan fingerprint density at radius 3 is 2.54 bits per heavy atom. The third-order valence-corrected chi connectivity index (χ3v) is 2.36. The predicted octanol–water partition coefficient (Wildman–Crippen LogP) is 3.07. The second kappa shape index (κ2) is 5.52. The number of benzene rings is 1. The van der Waals surface area contributed by atoms with Gasteiger partial charge in [-0.15, -0.1) is 0 Å². The van der Waals surface area contributed by atoms with Crippen LogP contribution in [0, 0.1) is 0 Å². The van der Waals surface area contributed by atoms with Crippen molar-refractivity contribution >= 4 is 6.29 Å². The molecule has 1 unspecified atom stereocenters. The molecule has 0 aliphatic rings. The lowest BCUT2D eigenvalue weighted by Gasteiger charge is -2.12. The van der Waals surface area contributed by atoms with Crippen LogP contribution in [0.3, 0.4) is 0 Å². The van der Waals surface area contributed by atoms with E-state index in [1.54, 1.807) is 0 Å². The monoisotopic (exact) mass is 175 g/mol. The molecule has 0 aromatic heterocycles. The van der Waals surface area contributed by atoms with E-state index in [4.69, 9.17) is 0 Å². The van der Waals surface area contributed by atoms with E-state index >= 15 is 0 Å². The summed E-state index contributed by atoms with van der Waals surface area (Å²) < 4.78 is 0. The summed E-state index contributed by atoms with van der Waals surface area (Å²) in [6.45, 7) is 2.16. The Balaban J connectivity index is 2.61. The van der Waals surface area contributed by atoms with Crippen LogP contribution in [0.25, 0.3) is 0 Å². The predicted molar refractivity (Wildman–Crippen MR) is 54.4 cm³/mol. The molecule has 69 valence electrons. The molecule has 0 fully saturated rings. The quantitative estimate of drug-likeness (QED) is 0.672. The first-order valence-electron chi connectivity index (χ1n) is 4.78. The summed E-state index contributed by atoms with van der Waals surface area (Å²) in [7, 11) is 0. The molecular weight excluding hydrogens is 160 g/mol. The van der Waals surface area contributed by atoms with Crippen LogP contribution in [0.1, 0.15) is 37.7 Å². The zero-order chi connectivity index (χ0) is 9.52. The Hall–Kier alpha value is -1.11. The lowest BCUT2D eigenvalue weighted by atomic mass is 9.92. The molecule has 0 amide bonds. The highest BCUT2D eigenvalue weighted by Gasteiger charge is 2.07. The first-order chi connectivity index (χ1) is 6.38. The first-order valence-corrected chi connectivity index (χ1v) is 4.78. The van der Waals surface area contributed by atoms with E-state index in [-0.39, 0.29) is 0 Å². The van der Waals surface area contributed by atoms with Crippen molar-refractivity contribution < 1.29 is 4.79 Å². The Bertz CT molecular complexity index is 241. The molecule has 0 N–H and O–H groups in total. The molecule has 1 radical (unpaired) electrons. The topological polar surface area (TPSA) is 17.1 Å². The molecule has 0 aliphatic heterocycles. The maximum atomic E-state index is 10.1. The van der Waals surface area contributed by atoms with E-state index in [0.29, 0.717) is 12.3 Å². The molecule has 1 aromatic carbocycles. The third-order valence-electron chi connectivity index (χ3n) is 2.36. The summed E-state index contributed by atoms with van der Waals surface area (Å²) in [6, 6.07) is 10.4. The van der Waals surface area contributed by atoms with Crippen LogP contribution in [0.2, 0.25) is 0 Å². The zero-order valence-electron chi connectivity index (χ0n) is 7.99. The number of carbonyl (C=O) groups excluding carboxylic acids is 1. The first kappa shape index (κ1) is 9.97. The van der Waals surface area contributed by atoms with E-state index in [2.05, 4.69) is 19.1 Å². The lowest BCUT2D eigenvalue weighted by Crippen LogP contribution is -1.97. The molecule has 1 aromatic rings. The Kier molecular flexibility index (Phi) is 4.24. The fourth-order valence-corrected chi connectivity index (χ4v) is 1.56. The SMILES string of the molecule is CCC(CC[C]=O)c1ccccc1. The minimum Gasteiger partial charge on any atom is -0.291 e. The normalized spacial score (nSPS) is 12.4. The van der Waals surface area contributed by atoms with Crippen LogP contribution < -0.4 is 0 Å². The summed E-state index contributed by atoms with van der Waals surface area (Å²) >= 11 is 0. The van der Waals surface area contributed by atoms with Gasteiger partial charge in [-0.25, -0.2) is 0 Å². The number of rotatable bonds is 5. The second-order valence-electron chi connectivity index (χ2n) is 3.20. The third kappa shape index (κ3) is 3.02. The van der Waals surface area contributed by atoms with Crippen LogP contribution in [0.5, 0.6) is 0 Å². The van der Waals surface area contributed by atoms with Gasteiger partial charge in [-0.3, -0.25) is 4.79 Å². The van der Waals surface area contributed by atoms with Crippen molar-refractivity contribution in [3.8, 4) is 0 Å². The van der Waals surface area contributed by atoms with Crippen molar-refractivity contribution in [2.45, 2.75) is 32.1 Å². The van der Waals surface area contributed by atoms with Gasteiger partial charge in [0.15, 0.2) is 6.29 Å². The minimum absolute atomic E-state index is 0.516. The van der Waals surface area contributed by atoms with E-state index in [1.165, 1.54) is 5.56 Å². The van der Waals surface area contributed by atoms with Crippen LogP contribution in [0.15, 0.2) is 30.3 Å². The fourth-order valence-electron chi connectivity index (χ4n) is 1.56. The Morgan fingerprint density at radius 1 is 1.31 bits per heavy atom. The average Bonchev–Trinajstić information content (AvgIpc) is 2.21. The van der Waals surface area contributed by atoms with Crippen molar-refractivity contribution in [1.29, 1.82) is 0 Å². The summed E-state index contributed by atoms with van der Waals surface area (Å²) in [6.07, 6.45) is 4.51.